The lowest BCUT2D eigenvalue weighted by Gasteiger charge is -2.20. The Bertz CT molecular complexity index is 322. The van der Waals surface area contributed by atoms with Gasteiger partial charge in [0.15, 0.2) is 0 Å². The van der Waals surface area contributed by atoms with Crippen LogP contribution < -0.4 is 5.32 Å². The maximum Gasteiger partial charge on any atom is 0.0300 e. The van der Waals surface area contributed by atoms with Crippen LogP contribution in [0.25, 0.3) is 0 Å². The highest BCUT2D eigenvalue weighted by atomic mass is 32.2. The van der Waals surface area contributed by atoms with E-state index in [-0.39, 0.29) is 0 Å². The molecule has 0 aromatic heterocycles. The summed E-state index contributed by atoms with van der Waals surface area (Å²) in [5, 5.41) is 3.97. The summed E-state index contributed by atoms with van der Waals surface area (Å²) in [6.07, 6.45) is 0. The van der Waals surface area contributed by atoms with Crippen LogP contribution in [0.2, 0.25) is 0 Å². The van der Waals surface area contributed by atoms with Crippen molar-refractivity contribution in [2.24, 2.45) is 5.92 Å². The molecule has 90 valence electrons. The third-order valence-corrected chi connectivity index (χ3v) is 4.61. The smallest absolute Gasteiger partial charge is 0.0300 e. The predicted molar refractivity (Wildman–Crippen MR) is 74.1 cm³/mol. The molecule has 1 nitrogen and oxygen atoms in total. The maximum absolute atomic E-state index is 3.31. The van der Waals surface area contributed by atoms with Crippen LogP contribution in [0.3, 0.4) is 0 Å². The van der Waals surface area contributed by atoms with E-state index in [0.29, 0.717) is 17.2 Å². The molecule has 1 rings (SSSR count). The van der Waals surface area contributed by atoms with Gasteiger partial charge in [-0.25, -0.2) is 0 Å². The molecule has 0 aliphatic heterocycles. The van der Waals surface area contributed by atoms with E-state index in [1.807, 2.05) is 18.8 Å². The van der Waals surface area contributed by atoms with Gasteiger partial charge in [-0.05, 0) is 31.5 Å². The fourth-order valence-electron chi connectivity index (χ4n) is 1.44. The van der Waals surface area contributed by atoms with Crippen LogP contribution >= 0.6 is 11.8 Å². The van der Waals surface area contributed by atoms with E-state index in [1.54, 1.807) is 0 Å². The van der Waals surface area contributed by atoms with Crippen molar-refractivity contribution in [1.29, 1.82) is 0 Å². The summed E-state index contributed by atoms with van der Waals surface area (Å²) in [6, 6.07) is 9.11. The third kappa shape index (κ3) is 3.53. The van der Waals surface area contributed by atoms with E-state index < -0.39 is 0 Å². The van der Waals surface area contributed by atoms with Gasteiger partial charge in [-0.15, -0.1) is 11.8 Å². The second-order valence-electron chi connectivity index (χ2n) is 4.62. The van der Waals surface area contributed by atoms with Gasteiger partial charge >= 0.3 is 0 Å². The molecule has 0 aliphatic rings. The number of rotatable bonds is 5. The van der Waals surface area contributed by atoms with Crippen LogP contribution in [0.4, 0.5) is 0 Å². The summed E-state index contributed by atoms with van der Waals surface area (Å²) < 4.78 is 0. The summed E-state index contributed by atoms with van der Waals surface area (Å²) in [5.74, 6) is 0.711. The first-order valence-corrected chi connectivity index (χ1v) is 6.87. The minimum absolute atomic E-state index is 0.420. The van der Waals surface area contributed by atoms with Crippen molar-refractivity contribution >= 4 is 11.8 Å². The molecule has 0 radical (unpaired) electrons. The third-order valence-electron chi connectivity index (χ3n) is 3.07. The van der Waals surface area contributed by atoms with Gasteiger partial charge in [-0.2, -0.15) is 0 Å². The number of nitrogens with one attached hydrogen (secondary N) is 1. The topological polar surface area (TPSA) is 12.0 Å². The Morgan fingerprint density at radius 1 is 1.06 bits per heavy atom. The standard InChI is InChI=1S/C14H23NS/c1-10(2)12(4)16-14-9-7-6-8-13(14)11(3)15-5/h6-12,15H,1-5H3. The zero-order valence-electron chi connectivity index (χ0n) is 10.9. The van der Waals surface area contributed by atoms with Crippen molar-refractivity contribution in [2.75, 3.05) is 7.05 Å². The molecule has 0 bridgehead atoms. The Kier molecular flexibility index (Phi) is 5.36. The quantitative estimate of drug-likeness (QED) is 0.774. The Morgan fingerprint density at radius 2 is 1.69 bits per heavy atom. The average Bonchev–Trinajstić information content (AvgIpc) is 2.28. The van der Waals surface area contributed by atoms with Crippen molar-refractivity contribution in [3.8, 4) is 0 Å². The highest BCUT2D eigenvalue weighted by molar-refractivity contribution is 8.00. The van der Waals surface area contributed by atoms with Gasteiger partial charge < -0.3 is 5.32 Å². The summed E-state index contributed by atoms with van der Waals surface area (Å²) >= 11 is 1.98. The number of thioether (sulfide) groups is 1. The van der Waals surface area contributed by atoms with Crippen LogP contribution in [-0.4, -0.2) is 12.3 Å². The fraction of sp³-hybridized carbons (Fsp3) is 0.571. The molecule has 0 heterocycles. The van der Waals surface area contributed by atoms with Gasteiger partial charge in [0.25, 0.3) is 0 Å². The summed E-state index contributed by atoms with van der Waals surface area (Å²) in [5.41, 5.74) is 1.41. The fourth-order valence-corrected chi connectivity index (χ4v) is 2.65. The molecule has 0 saturated heterocycles. The molecule has 0 spiro atoms. The molecule has 1 aromatic carbocycles. The Labute approximate surface area is 104 Å². The maximum atomic E-state index is 3.31. The van der Waals surface area contributed by atoms with Crippen LogP contribution in [0, 0.1) is 5.92 Å². The highest BCUT2D eigenvalue weighted by Gasteiger charge is 2.13. The first-order valence-electron chi connectivity index (χ1n) is 5.99. The molecule has 0 aliphatic carbocycles. The van der Waals surface area contributed by atoms with Crippen molar-refractivity contribution < 1.29 is 0 Å². The predicted octanol–water partition coefficient (Wildman–Crippen LogP) is 4.10. The highest BCUT2D eigenvalue weighted by Crippen LogP contribution is 2.32. The first-order chi connectivity index (χ1) is 7.56. The van der Waals surface area contributed by atoms with Crippen LogP contribution in [0.1, 0.15) is 39.3 Å². The van der Waals surface area contributed by atoms with Gasteiger partial charge in [0.2, 0.25) is 0 Å². The number of hydrogen-bond donors (Lipinski definition) is 1. The first kappa shape index (κ1) is 13.6. The largest absolute Gasteiger partial charge is 0.313 e. The molecule has 1 aromatic rings. The normalized spacial score (nSPS) is 15.1. The van der Waals surface area contributed by atoms with Crippen LogP contribution in [0.5, 0.6) is 0 Å². The number of benzene rings is 1. The lowest BCUT2D eigenvalue weighted by Crippen LogP contribution is -2.14. The lowest BCUT2D eigenvalue weighted by molar-refractivity contribution is 0.632. The van der Waals surface area contributed by atoms with Gasteiger partial charge in [-0.3, -0.25) is 0 Å². The van der Waals surface area contributed by atoms with Gasteiger partial charge in [0.05, 0.1) is 0 Å². The molecular weight excluding hydrogens is 214 g/mol. The summed E-state index contributed by atoms with van der Waals surface area (Å²) in [4.78, 5) is 1.41. The zero-order chi connectivity index (χ0) is 12.1. The molecule has 1 N–H and O–H groups in total. The van der Waals surface area contributed by atoms with E-state index in [4.69, 9.17) is 0 Å². The molecular formula is C14H23NS. The second kappa shape index (κ2) is 6.31. The summed E-state index contributed by atoms with van der Waals surface area (Å²) in [7, 11) is 2.01. The van der Waals surface area contributed by atoms with Crippen molar-refractivity contribution in [3.63, 3.8) is 0 Å². The van der Waals surface area contributed by atoms with Crippen LogP contribution in [0.15, 0.2) is 29.2 Å². The van der Waals surface area contributed by atoms with E-state index in [0.717, 1.165) is 0 Å². The van der Waals surface area contributed by atoms with Gasteiger partial charge in [0, 0.05) is 16.2 Å². The Balaban J connectivity index is 2.86. The molecule has 2 unspecified atom stereocenters. The number of hydrogen-bond acceptors (Lipinski definition) is 2. The molecule has 0 fully saturated rings. The molecule has 2 atom stereocenters. The van der Waals surface area contributed by atoms with E-state index in [9.17, 15) is 0 Å². The minimum atomic E-state index is 0.420. The van der Waals surface area contributed by atoms with Crippen molar-refractivity contribution in [3.05, 3.63) is 29.8 Å². The lowest BCUT2D eigenvalue weighted by atomic mass is 10.1. The zero-order valence-corrected chi connectivity index (χ0v) is 11.8. The second-order valence-corrected chi connectivity index (χ2v) is 6.03. The average molecular weight is 237 g/mol. The molecule has 16 heavy (non-hydrogen) atoms. The monoisotopic (exact) mass is 237 g/mol. The van der Waals surface area contributed by atoms with Crippen molar-refractivity contribution in [2.45, 2.75) is 43.9 Å². The Hall–Kier alpha value is -0.470. The Morgan fingerprint density at radius 3 is 2.25 bits per heavy atom. The van der Waals surface area contributed by atoms with Crippen LogP contribution in [-0.2, 0) is 0 Å². The minimum Gasteiger partial charge on any atom is -0.313 e. The summed E-state index contributed by atoms with van der Waals surface area (Å²) in [6.45, 7) is 9.07. The van der Waals surface area contributed by atoms with E-state index >= 15 is 0 Å². The van der Waals surface area contributed by atoms with E-state index in [2.05, 4.69) is 57.3 Å². The van der Waals surface area contributed by atoms with Gasteiger partial charge in [-0.1, -0.05) is 39.0 Å². The molecule has 0 amide bonds. The molecule has 2 heteroatoms. The van der Waals surface area contributed by atoms with E-state index in [1.165, 1.54) is 10.5 Å². The SMILES string of the molecule is CNC(C)c1ccccc1SC(C)C(C)C. The molecule has 0 saturated carbocycles. The van der Waals surface area contributed by atoms with Crippen molar-refractivity contribution in [1.82, 2.24) is 5.32 Å². The van der Waals surface area contributed by atoms with Gasteiger partial charge in [0.1, 0.15) is 0 Å².